The zero-order valence-electron chi connectivity index (χ0n) is 12.8. The van der Waals surface area contributed by atoms with Crippen LogP contribution >= 0.6 is 0 Å². The maximum absolute atomic E-state index is 14.1. The first-order chi connectivity index (χ1) is 11.4. The summed E-state index contributed by atoms with van der Waals surface area (Å²) in [5, 5.41) is 9.64. The van der Waals surface area contributed by atoms with E-state index in [1.807, 2.05) is 0 Å². The number of carboxylic acids is 1. The van der Waals surface area contributed by atoms with Crippen LogP contribution in [0.5, 0.6) is 0 Å². The van der Waals surface area contributed by atoms with Gasteiger partial charge in [0.1, 0.15) is 10.7 Å². The first kappa shape index (κ1) is 15.6. The predicted octanol–water partition coefficient (Wildman–Crippen LogP) is 2.18. The fourth-order valence-corrected chi connectivity index (χ4v) is 5.96. The highest BCUT2D eigenvalue weighted by Crippen LogP contribution is 2.50. The Labute approximate surface area is 138 Å². The number of hydrogen-bond acceptors (Lipinski definition) is 3. The van der Waals surface area contributed by atoms with E-state index in [9.17, 15) is 22.7 Å². The number of aromatic amines is 1. The number of nitrogens with one attached hydrogen (secondary N) is 1. The van der Waals surface area contributed by atoms with Gasteiger partial charge >= 0.3 is 5.97 Å². The number of carboxylic acid groups (broad SMARTS) is 1. The molecule has 0 bridgehead atoms. The number of halogens is 1. The van der Waals surface area contributed by atoms with E-state index in [2.05, 4.69) is 4.98 Å². The monoisotopic (exact) mass is 352 g/mol. The Morgan fingerprint density at radius 1 is 1.42 bits per heavy atom. The number of sulfonamides is 1. The minimum atomic E-state index is -3.96. The Balaban J connectivity index is 1.78. The van der Waals surface area contributed by atoms with Crippen LogP contribution in [0.1, 0.15) is 19.3 Å². The van der Waals surface area contributed by atoms with E-state index in [1.54, 1.807) is 6.07 Å². The van der Waals surface area contributed by atoms with Crippen molar-refractivity contribution in [3.63, 3.8) is 0 Å². The van der Waals surface area contributed by atoms with Gasteiger partial charge in [-0.25, -0.2) is 12.8 Å². The smallest absolute Gasteiger partial charge is 0.311 e. The van der Waals surface area contributed by atoms with Gasteiger partial charge in [0.05, 0.1) is 10.8 Å². The summed E-state index contributed by atoms with van der Waals surface area (Å²) >= 11 is 0. The fraction of sp³-hybridized carbons (Fsp3) is 0.438. The molecule has 0 unspecified atom stereocenters. The van der Waals surface area contributed by atoms with E-state index < -0.39 is 27.2 Å². The molecule has 0 radical (unpaired) electrons. The fourth-order valence-electron chi connectivity index (χ4n) is 4.23. The maximum atomic E-state index is 14.1. The van der Waals surface area contributed by atoms with Crippen molar-refractivity contribution in [3.8, 4) is 0 Å². The zero-order valence-corrected chi connectivity index (χ0v) is 13.6. The molecular formula is C16H17FN2O4S. The molecule has 2 aliphatic rings. The Morgan fingerprint density at radius 2 is 2.21 bits per heavy atom. The summed E-state index contributed by atoms with van der Waals surface area (Å²) in [6, 6.07) is 4.33. The molecule has 8 heteroatoms. The highest BCUT2D eigenvalue weighted by Gasteiger charge is 2.57. The lowest BCUT2D eigenvalue weighted by molar-refractivity contribution is -0.149. The van der Waals surface area contributed by atoms with E-state index >= 15 is 0 Å². The zero-order chi connectivity index (χ0) is 17.1. The van der Waals surface area contributed by atoms with Crippen molar-refractivity contribution in [2.75, 3.05) is 13.1 Å². The molecule has 0 amide bonds. The van der Waals surface area contributed by atoms with Gasteiger partial charge in [0.2, 0.25) is 10.0 Å². The second-order valence-corrected chi connectivity index (χ2v) is 8.57. The van der Waals surface area contributed by atoms with Gasteiger partial charge in [-0.1, -0.05) is 12.5 Å². The molecule has 4 rings (SSSR count). The molecule has 128 valence electrons. The third-order valence-electron chi connectivity index (χ3n) is 5.50. The largest absolute Gasteiger partial charge is 0.481 e. The number of hydrogen-bond donors (Lipinski definition) is 2. The lowest BCUT2D eigenvalue weighted by atomic mass is 9.81. The van der Waals surface area contributed by atoms with Crippen LogP contribution in [0.3, 0.4) is 0 Å². The molecule has 2 heterocycles. The molecule has 1 saturated carbocycles. The van der Waals surface area contributed by atoms with Gasteiger partial charge in [0.25, 0.3) is 0 Å². The number of aliphatic carboxylic acids is 1. The number of nitrogens with zero attached hydrogens (tertiary/aromatic N) is 1. The van der Waals surface area contributed by atoms with Crippen LogP contribution in [0.4, 0.5) is 4.39 Å². The van der Waals surface area contributed by atoms with Crippen molar-refractivity contribution in [2.45, 2.75) is 24.2 Å². The van der Waals surface area contributed by atoms with E-state index in [0.29, 0.717) is 18.4 Å². The second kappa shape index (κ2) is 5.03. The highest BCUT2D eigenvalue weighted by molar-refractivity contribution is 7.89. The summed E-state index contributed by atoms with van der Waals surface area (Å²) in [5.41, 5.74) is -0.599. The lowest BCUT2D eigenvalue weighted by Gasteiger charge is -2.23. The molecule has 1 saturated heterocycles. The van der Waals surface area contributed by atoms with Crippen molar-refractivity contribution in [2.24, 2.45) is 11.3 Å². The summed E-state index contributed by atoms with van der Waals surface area (Å²) < 4.78 is 41.4. The summed E-state index contributed by atoms with van der Waals surface area (Å²) in [7, 11) is -3.96. The molecule has 1 aliphatic carbocycles. The van der Waals surface area contributed by atoms with Crippen molar-refractivity contribution in [1.29, 1.82) is 0 Å². The first-order valence-corrected chi connectivity index (χ1v) is 9.29. The topological polar surface area (TPSA) is 90.5 Å². The SMILES string of the molecule is O=C(O)[C@@]12CCC[C@H]1CN(S(=O)(=O)c1c[nH]c3cccc(F)c13)C2. The quantitative estimate of drug-likeness (QED) is 0.886. The number of carbonyl (C=O) groups is 1. The van der Waals surface area contributed by atoms with E-state index in [1.165, 1.54) is 22.6 Å². The van der Waals surface area contributed by atoms with E-state index in [4.69, 9.17) is 0 Å². The van der Waals surface area contributed by atoms with Gasteiger partial charge in [-0.15, -0.1) is 0 Å². The molecule has 24 heavy (non-hydrogen) atoms. The van der Waals surface area contributed by atoms with Gasteiger partial charge in [-0.2, -0.15) is 4.31 Å². The molecule has 0 spiro atoms. The minimum Gasteiger partial charge on any atom is -0.481 e. The molecule has 6 nitrogen and oxygen atoms in total. The van der Waals surface area contributed by atoms with Crippen LogP contribution in [-0.4, -0.2) is 41.9 Å². The number of fused-ring (bicyclic) bond motifs is 2. The Bertz CT molecular complexity index is 939. The van der Waals surface area contributed by atoms with Gasteiger partial charge in [0, 0.05) is 24.8 Å². The number of rotatable bonds is 3. The Hall–Kier alpha value is -1.93. The molecule has 1 aromatic carbocycles. The normalized spacial score (nSPS) is 27.6. The molecule has 2 aromatic rings. The lowest BCUT2D eigenvalue weighted by Crippen LogP contribution is -2.37. The molecule has 1 aromatic heterocycles. The molecule has 1 aliphatic heterocycles. The summed E-state index contributed by atoms with van der Waals surface area (Å²) in [6.45, 7) is 0.131. The number of benzene rings is 1. The number of H-pyrrole nitrogens is 1. The van der Waals surface area contributed by atoms with Crippen molar-refractivity contribution < 1.29 is 22.7 Å². The molecule has 2 atom stereocenters. The van der Waals surface area contributed by atoms with Crippen LogP contribution in [0, 0.1) is 17.2 Å². The van der Waals surface area contributed by atoms with Crippen molar-refractivity contribution >= 4 is 26.9 Å². The van der Waals surface area contributed by atoms with Crippen molar-refractivity contribution in [3.05, 3.63) is 30.2 Å². The highest BCUT2D eigenvalue weighted by atomic mass is 32.2. The van der Waals surface area contributed by atoms with Gasteiger partial charge in [-0.3, -0.25) is 4.79 Å². The summed E-state index contributed by atoms with van der Waals surface area (Å²) in [4.78, 5) is 14.4. The minimum absolute atomic E-state index is 0.0268. The van der Waals surface area contributed by atoms with Crippen molar-refractivity contribution in [1.82, 2.24) is 9.29 Å². The average Bonchev–Trinajstić information content (AvgIpc) is 3.19. The average molecular weight is 352 g/mol. The Kier molecular flexibility index (Phi) is 3.27. The molecular weight excluding hydrogens is 335 g/mol. The van der Waals surface area contributed by atoms with Gasteiger partial charge in [0.15, 0.2) is 0 Å². The first-order valence-electron chi connectivity index (χ1n) is 7.85. The van der Waals surface area contributed by atoms with Crippen LogP contribution in [-0.2, 0) is 14.8 Å². The third-order valence-corrected chi connectivity index (χ3v) is 7.34. The second-order valence-electron chi connectivity index (χ2n) is 6.66. The summed E-state index contributed by atoms with van der Waals surface area (Å²) in [5.74, 6) is -1.73. The van der Waals surface area contributed by atoms with Crippen LogP contribution < -0.4 is 0 Å². The standard InChI is InChI=1S/C16H17FN2O4S/c17-11-4-1-5-12-14(11)13(7-18-12)24(22,23)19-8-10-3-2-6-16(10,9-19)15(20)21/h1,4-5,7,10,18H,2-3,6,8-9H2,(H,20,21)/t10-,16+/m0/s1. The van der Waals surface area contributed by atoms with Crippen LogP contribution in [0.2, 0.25) is 0 Å². The van der Waals surface area contributed by atoms with Gasteiger partial charge < -0.3 is 10.1 Å². The Morgan fingerprint density at radius 3 is 2.92 bits per heavy atom. The molecule has 2 N–H and O–H groups in total. The third kappa shape index (κ3) is 1.96. The van der Waals surface area contributed by atoms with Crippen LogP contribution in [0.15, 0.2) is 29.3 Å². The van der Waals surface area contributed by atoms with Gasteiger partial charge in [-0.05, 0) is 30.9 Å². The van der Waals surface area contributed by atoms with Crippen LogP contribution in [0.25, 0.3) is 10.9 Å². The molecule has 2 fully saturated rings. The maximum Gasteiger partial charge on any atom is 0.311 e. The van der Waals surface area contributed by atoms with E-state index in [-0.39, 0.29) is 29.3 Å². The number of aromatic nitrogens is 1. The van der Waals surface area contributed by atoms with E-state index in [0.717, 1.165) is 6.42 Å². The summed E-state index contributed by atoms with van der Waals surface area (Å²) in [6.07, 6.45) is 3.28. The predicted molar refractivity (Wildman–Crippen MR) is 84.4 cm³/mol.